The standard InChI is InChI=1S/C19H22BrN5O.C11H10.2CH2O/c1-24-8-6-13(7-9-24)11-21-18-10-16(14-4-2-3-5-17(14)26)23-19-15(20)12-22-25(18)19;1-9-5-4-7-10-6-2-3-8-11(9)10;2*1-2/h2-5,10,12-13,21,26H,6-9,11H2,1H3;2-8H,1H3;2*1H2. The summed E-state index contributed by atoms with van der Waals surface area (Å²) in [4.78, 5) is 23.1. The topological polar surface area (TPSA) is 99.8 Å². The number of piperidine rings is 1. The Labute approximate surface area is 249 Å². The minimum atomic E-state index is 0.223. The van der Waals surface area contributed by atoms with E-state index in [2.05, 4.69) is 92.7 Å². The second-order valence-corrected chi connectivity index (χ2v) is 10.5. The number of carbonyl (C=O) groups excluding carboxylic acids is 2. The number of fused-ring (bicyclic) bond motifs is 2. The molecule has 0 radical (unpaired) electrons. The van der Waals surface area contributed by atoms with Crippen molar-refractivity contribution >= 4 is 51.7 Å². The second kappa shape index (κ2) is 15.6. The Morgan fingerprint density at radius 1 is 0.976 bits per heavy atom. The Morgan fingerprint density at radius 2 is 1.63 bits per heavy atom. The summed E-state index contributed by atoms with van der Waals surface area (Å²) in [5.41, 5.74) is 3.52. The summed E-state index contributed by atoms with van der Waals surface area (Å²) in [7, 11) is 2.18. The molecule has 1 aliphatic rings. The molecule has 3 aromatic carbocycles. The third kappa shape index (κ3) is 7.99. The molecule has 2 aromatic heterocycles. The fourth-order valence-corrected chi connectivity index (χ4v) is 5.14. The van der Waals surface area contributed by atoms with Crippen molar-refractivity contribution in [3.63, 3.8) is 0 Å². The molecule has 214 valence electrons. The lowest BCUT2D eigenvalue weighted by Crippen LogP contribution is -2.33. The molecule has 0 atom stereocenters. The van der Waals surface area contributed by atoms with Crippen LogP contribution in [0.15, 0.2) is 83.5 Å². The number of phenolic OH excluding ortho intramolecular Hbond substituents is 1. The summed E-state index contributed by atoms with van der Waals surface area (Å²) in [5, 5.41) is 20.9. The molecule has 6 rings (SSSR count). The molecule has 0 unspecified atom stereocenters. The quantitative estimate of drug-likeness (QED) is 0.241. The van der Waals surface area contributed by atoms with Gasteiger partial charge in [-0.05, 0) is 90.2 Å². The largest absolute Gasteiger partial charge is 0.507 e. The van der Waals surface area contributed by atoms with Crippen LogP contribution >= 0.6 is 15.9 Å². The van der Waals surface area contributed by atoms with Crippen LogP contribution in [0.25, 0.3) is 27.7 Å². The normalized spacial score (nSPS) is 13.2. The third-order valence-electron chi connectivity index (χ3n) is 7.03. The molecular weight excluding hydrogens is 582 g/mol. The second-order valence-electron chi connectivity index (χ2n) is 9.70. The Bertz CT molecular complexity index is 1540. The monoisotopic (exact) mass is 617 g/mol. The summed E-state index contributed by atoms with van der Waals surface area (Å²) in [5.74, 6) is 1.76. The molecule has 1 aliphatic heterocycles. The highest BCUT2D eigenvalue weighted by atomic mass is 79.9. The van der Waals surface area contributed by atoms with E-state index in [4.69, 9.17) is 9.59 Å². The number of carbonyl (C=O) groups is 2. The predicted octanol–water partition coefficient (Wildman–Crippen LogP) is 6.40. The van der Waals surface area contributed by atoms with Gasteiger partial charge in [-0.25, -0.2) is 4.98 Å². The molecule has 0 spiro atoms. The van der Waals surface area contributed by atoms with Crippen molar-refractivity contribution in [1.29, 1.82) is 0 Å². The van der Waals surface area contributed by atoms with Gasteiger partial charge in [0.05, 0.1) is 16.4 Å². The summed E-state index contributed by atoms with van der Waals surface area (Å²) < 4.78 is 2.64. The molecule has 5 aromatic rings. The molecule has 9 heteroatoms. The van der Waals surface area contributed by atoms with Crippen molar-refractivity contribution in [3.05, 3.63) is 89.0 Å². The van der Waals surface area contributed by atoms with E-state index in [1.807, 2.05) is 42.4 Å². The first-order chi connectivity index (χ1) is 20.0. The zero-order chi connectivity index (χ0) is 29.8. The molecule has 1 saturated heterocycles. The lowest BCUT2D eigenvalue weighted by molar-refractivity contribution is -0.0987. The molecule has 3 heterocycles. The van der Waals surface area contributed by atoms with Gasteiger partial charge < -0.3 is 24.9 Å². The minimum Gasteiger partial charge on any atom is -0.507 e. The van der Waals surface area contributed by atoms with Crippen molar-refractivity contribution in [2.24, 2.45) is 5.92 Å². The number of benzene rings is 3. The van der Waals surface area contributed by atoms with Gasteiger partial charge in [-0.3, -0.25) is 0 Å². The number of hydrogen-bond donors (Lipinski definition) is 2. The highest BCUT2D eigenvalue weighted by Gasteiger charge is 2.18. The summed E-state index contributed by atoms with van der Waals surface area (Å²) in [6.07, 6.45) is 4.15. The number of para-hydroxylation sites is 1. The number of nitrogens with zero attached hydrogens (tertiary/aromatic N) is 4. The third-order valence-corrected chi connectivity index (χ3v) is 7.59. The average Bonchev–Trinajstić information content (AvgIpc) is 3.40. The molecule has 2 N–H and O–H groups in total. The summed E-state index contributed by atoms with van der Waals surface area (Å²) >= 11 is 3.52. The molecule has 0 saturated carbocycles. The van der Waals surface area contributed by atoms with Gasteiger partial charge in [0.15, 0.2) is 5.65 Å². The van der Waals surface area contributed by atoms with Gasteiger partial charge in [0, 0.05) is 18.2 Å². The number of anilines is 1. The van der Waals surface area contributed by atoms with Gasteiger partial charge in [-0.15, -0.1) is 0 Å². The highest BCUT2D eigenvalue weighted by molar-refractivity contribution is 9.10. The number of aromatic hydroxyl groups is 1. The van der Waals surface area contributed by atoms with Crippen molar-refractivity contribution < 1.29 is 14.7 Å². The zero-order valence-electron chi connectivity index (χ0n) is 23.5. The van der Waals surface area contributed by atoms with E-state index in [0.717, 1.165) is 41.3 Å². The SMILES string of the molecule is C=O.C=O.CN1CCC(CNc2cc(-c3ccccc3O)nc3c(Br)cnn23)CC1.Cc1cccc2ccccc12. The van der Waals surface area contributed by atoms with E-state index in [0.29, 0.717) is 11.5 Å². The maximum atomic E-state index is 10.2. The highest BCUT2D eigenvalue weighted by Crippen LogP contribution is 2.31. The Hall–Kier alpha value is -4.08. The fraction of sp³-hybridized carbons (Fsp3) is 0.250. The number of phenols is 1. The van der Waals surface area contributed by atoms with Crippen LogP contribution in [0.5, 0.6) is 5.75 Å². The number of aromatic nitrogens is 3. The van der Waals surface area contributed by atoms with Gasteiger partial charge in [-0.1, -0.05) is 54.6 Å². The van der Waals surface area contributed by atoms with E-state index in [1.165, 1.54) is 29.2 Å². The van der Waals surface area contributed by atoms with Crippen LogP contribution in [0.1, 0.15) is 18.4 Å². The van der Waals surface area contributed by atoms with Gasteiger partial charge >= 0.3 is 0 Å². The van der Waals surface area contributed by atoms with Crippen LogP contribution in [0.4, 0.5) is 5.82 Å². The molecule has 0 aliphatic carbocycles. The molecule has 8 nitrogen and oxygen atoms in total. The smallest absolute Gasteiger partial charge is 0.172 e. The van der Waals surface area contributed by atoms with Crippen LogP contribution in [0, 0.1) is 12.8 Å². The maximum Gasteiger partial charge on any atom is 0.172 e. The van der Waals surface area contributed by atoms with Crippen LogP contribution in [-0.4, -0.2) is 64.9 Å². The van der Waals surface area contributed by atoms with Crippen LogP contribution in [0.2, 0.25) is 0 Å². The summed E-state index contributed by atoms with van der Waals surface area (Å²) in [6.45, 7) is 9.34. The van der Waals surface area contributed by atoms with Gasteiger partial charge in [0.1, 0.15) is 25.1 Å². The van der Waals surface area contributed by atoms with E-state index < -0.39 is 0 Å². The number of hydrogen-bond acceptors (Lipinski definition) is 7. The Morgan fingerprint density at radius 3 is 2.34 bits per heavy atom. The molecule has 0 bridgehead atoms. The van der Waals surface area contributed by atoms with Crippen LogP contribution < -0.4 is 5.32 Å². The molecule has 1 fully saturated rings. The number of aryl methyl sites for hydroxylation is 1. The number of rotatable bonds is 4. The first kappa shape index (κ1) is 31.4. The lowest BCUT2D eigenvalue weighted by atomic mass is 9.97. The van der Waals surface area contributed by atoms with Gasteiger partial charge in [0.25, 0.3) is 0 Å². The van der Waals surface area contributed by atoms with E-state index in [9.17, 15) is 5.11 Å². The number of nitrogens with one attached hydrogen (secondary N) is 1. The molecular formula is C32H36BrN5O3. The number of halogens is 1. The first-order valence-electron chi connectivity index (χ1n) is 13.3. The zero-order valence-corrected chi connectivity index (χ0v) is 25.0. The number of likely N-dealkylation sites (tertiary alicyclic amines) is 1. The molecule has 41 heavy (non-hydrogen) atoms. The fourth-order valence-electron chi connectivity index (χ4n) is 4.79. The maximum absolute atomic E-state index is 10.2. The van der Waals surface area contributed by atoms with Crippen molar-refractivity contribution in [3.8, 4) is 17.0 Å². The summed E-state index contributed by atoms with van der Waals surface area (Å²) in [6, 6.07) is 24.0. The first-order valence-corrected chi connectivity index (χ1v) is 14.1. The van der Waals surface area contributed by atoms with E-state index in [1.54, 1.807) is 12.3 Å². The Kier molecular flexibility index (Phi) is 12.0. The average molecular weight is 619 g/mol. The van der Waals surface area contributed by atoms with Crippen LogP contribution in [-0.2, 0) is 9.59 Å². The van der Waals surface area contributed by atoms with Gasteiger partial charge in [0.2, 0.25) is 0 Å². The van der Waals surface area contributed by atoms with Crippen molar-refractivity contribution in [2.45, 2.75) is 19.8 Å². The van der Waals surface area contributed by atoms with Crippen molar-refractivity contribution in [1.82, 2.24) is 19.5 Å². The molecule has 0 amide bonds. The van der Waals surface area contributed by atoms with Gasteiger partial charge in [-0.2, -0.15) is 9.61 Å². The Balaban J connectivity index is 0.000000256. The van der Waals surface area contributed by atoms with Crippen LogP contribution in [0.3, 0.4) is 0 Å². The van der Waals surface area contributed by atoms with Crippen molar-refractivity contribution in [2.75, 3.05) is 32.0 Å². The van der Waals surface area contributed by atoms with E-state index >= 15 is 0 Å². The van der Waals surface area contributed by atoms with E-state index in [-0.39, 0.29) is 5.75 Å². The predicted molar refractivity (Wildman–Crippen MR) is 169 cm³/mol. The minimum absolute atomic E-state index is 0.223. The lowest BCUT2D eigenvalue weighted by Gasteiger charge is -2.29.